The summed E-state index contributed by atoms with van der Waals surface area (Å²) in [5, 5.41) is 0. The molecule has 0 radical (unpaired) electrons. The summed E-state index contributed by atoms with van der Waals surface area (Å²) in [6.45, 7) is 3.94. The van der Waals surface area contributed by atoms with Crippen molar-refractivity contribution in [3.05, 3.63) is 65.7 Å². The van der Waals surface area contributed by atoms with Gasteiger partial charge < -0.3 is 9.64 Å². The van der Waals surface area contributed by atoms with Crippen LogP contribution in [0.4, 0.5) is 13.2 Å². The van der Waals surface area contributed by atoms with E-state index in [1.807, 2.05) is 30.3 Å². The molecule has 1 fully saturated rings. The molecule has 0 aromatic heterocycles. The lowest BCUT2D eigenvalue weighted by molar-refractivity contribution is -0.138. The molecule has 150 valence electrons. The van der Waals surface area contributed by atoms with Crippen LogP contribution in [0.3, 0.4) is 0 Å². The van der Waals surface area contributed by atoms with Crippen molar-refractivity contribution >= 4 is 5.91 Å². The number of hydrogen-bond acceptors (Lipinski definition) is 3. The Hall–Kier alpha value is -2.54. The normalized spacial score (nSPS) is 15.5. The van der Waals surface area contributed by atoms with E-state index >= 15 is 0 Å². The van der Waals surface area contributed by atoms with E-state index in [-0.39, 0.29) is 12.3 Å². The first kappa shape index (κ1) is 20.2. The summed E-state index contributed by atoms with van der Waals surface area (Å²) in [6, 6.07) is 14.6. The quantitative estimate of drug-likeness (QED) is 0.755. The highest BCUT2D eigenvalue weighted by Crippen LogP contribution is 2.29. The lowest BCUT2D eigenvalue weighted by Gasteiger charge is -2.34. The maximum absolute atomic E-state index is 12.8. The van der Waals surface area contributed by atoms with Gasteiger partial charge in [-0.1, -0.05) is 36.4 Å². The van der Waals surface area contributed by atoms with Gasteiger partial charge >= 0.3 is 6.18 Å². The highest BCUT2D eigenvalue weighted by Gasteiger charge is 2.30. The minimum Gasteiger partial charge on any atom is -0.492 e. The van der Waals surface area contributed by atoms with Crippen LogP contribution in [0, 0.1) is 0 Å². The fourth-order valence-corrected chi connectivity index (χ4v) is 3.17. The summed E-state index contributed by atoms with van der Waals surface area (Å²) in [4.78, 5) is 16.4. The number of piperazine rings is 1. The number of carbonyl (C=O) groups is 1. The average Bonchev–Trinajstić information content (AvgIpc) is 2.69. The zero-order chi connectivity index (χ0) is 20.0. The van der Waals surface area contributed by atoms with Crippen LogP contribution in [0.15, 0.2) is 54.6 Å². The van der Waals surface area contributed by atoms with Crippen molar-refractivity contribution < 1.29 is 22.7 Å². The van der Waals surface area contributed by atoms with Crippen LogP contribution in [0.1, 0.15) is 11.1 Å². The summed E-state index contributed by atoms with van der Waals surface area (Å²) in [5.41, 5.74) is -0.334. The molecule has 1 aliphatic rings. The monoisotopic (exact) mass is 392 g/mol. The van der Waals surface area contributed by atoms with Crippen LogP contribution in [0.2, 0.25) is 0 Å². The Morgan fingerprint density at radius 3 is 2.36 bits per heavy atom. The maximum Gasteiger partial charge on any atom is 0.416 e. The Labute approximate surface area is 162 Å². The molecule has 2 aromatic carbocycles. The maximum atomic E-state index is 12.8. The molecule has 0 unspecified atom stereocenters. The number of nitrogens with zero attached hydrogens (tertiary/aromatic N) is 2. The first-order valence-electron chi connectivity index (χ1n) is 9.26. The fourth-order valence-electron chi connectivity index (χ4n) is 3.17. The van der Waals surface area contributed by atoms with Gasteiger partial charge in [0.15, 0.2) is 0 Å². The van der Waals surface area contributed by atoms with E-state index in [9.17, 15) is 18.0 Å². The predicted molar refractivity (Wildman–Crippen MR) is 100 cm³/mol. The summed E-state index contributed by atoms with van der Waals surface area (Å²) in [6.07, 6.45) is -4.41. The van der Waals surface area contributed by atoms with Crippen molar-refractivity contribution in [2.75, 3.05) is 39.3 Å². The van der Waals surface area contributed by atoms with Crippen molar-refractivity contribution in [3.8, 4) is 5.75 Å². The second kappa shape index (κ2) is 9.10. The number of amides is 1. The van der Waals surface area contributed by atoms with Crippen LogP contribution in [-0.2, 0) is 17.4 Å². The Bertz CT molecular complexity index is 773. The van der Waals surface area contributed by atoms with E-state index in [4.69, 9.17) is 4.74 Å². The second-order valence-corrected chi connectivity index (χ2v) is 6.76. The van der Waals surface area contributed by atoms with Gasteiger partial charge in [0, 0.05) is 32.7 Å². The van der Waals surface area contributed by atoms with Crippen molar-refractivity contribution in [2.24, 2.45) is 0 Å². The van der Waals surface area contributed by atoms with Gasteiger partial charge in [-0.25, -0.2) is 0 Å². The summed E-state index contributed by atoms with van der Waals surface area (Å²) >= 11 is 0. The zero-order valence-electron chi connectivity index (χ0n) is 15.5. The molecule has 0 N–H and O–H groups in total. The Kier molecular flexibility index (Phi) is 6.57. The van der Waals surface area contributed by atoms with Crippen LogP contribution < -0.4 is 4.74 Å². The van der Waals surface area contributed by atoms with Crippen LogP contribution in [0.25, 0.3) is 0 Å². The molecule has 1 aliphatic heterocycles. The number of alkyl halides is 3. The molecule has 1 amide bonds. The second-order valence-electron chi connectivity index (χ2n) is 6.76. The standard InChI is InChI=1S/C21H23F3N2O2/c22-21(23,24)18-6-4-5-17(15-18)16-20(27)26-11-9-25(10-12-26)13-14-28-19-7-2-1-3-8-19/h1-8,15H,9-14,16H2. The molecule has 1 heterocycles. The number of rotatable bonds is 6. The SMILES string of the molecule is O=C(Cc1cccc(C(F)(F)F)c1)N1CCN(CCOc2ccccc2)CC1. The van der Waals surface area contributed by atoms with Crippen molar-refractivity contribution in [1.82, 2.24) is 9.80 Å². The highest BCUT2D eigenvalue weighted by molar-refractivity contribution is 5.79. The third-order valence-corrected chi connectivity index (χ3v) is 4.75. The van der Waals surface area contributed by atoms with Crippen LogP contribution in [0.5, 0.6) is 5.75 Å². The molecule has 4 nitrogen and oxygen atoms in total. The zero-order valence-corrected chi connectivity index (χ0v) is 15.5. The molecular formula is C21H23F3N2O2. The number of hydrogen-bond donors (Lipinski definition) is 0. The van der Waals surface area contributed by atoms with E-state index in [0.29, 0.717) is 25.3 Å². The number of benzene rings is 2. The summed E-state index contributed by atoms with van der Waals surface area (Å²) < 4.78 is 44.1. The Morgan fingerprint density at radius 2 is 1.68 bits per heavy atom. The molecule has 7 heteroatoms. The lowest BCUT2D eigenvalue weighted by atomic mass is 10.1. The van der Waals surface area contributed by atoms with Gasteiger partial charge in [0.2, 0.25) is 5.91 Å². The Balaban J connectivity index is 1.42. The molecule has 0 spiro atoms. The van der Waals surface area contributed by atoms with Gasteiger partial charge in [-0.2, -0.15) is 13.2 Å². The first-order valence-corrected chi connectivity index (χ1v) is 9.26. The summed E-state index contributed by atoms with van der Waals surface area (Å²) in [7, 11) is 0. The molecule has 0 atom stereocenters. The van der Waals surface area contributed by atoms with Crippen molar-refractivity contribution in [1.29, 1.82) is 0 Å². The molecule has 0 aliphatic carbocycles. The average molecular weight is 392 g/mol. The van der Waals surface area contributed by atoms with Gasteiger partial charge in [0.1, 0.15) is 12.4 Å². The number of para-hydroxylation sites is 1. The number of carbonyl (C=O) groups excluding carboxylic acids is 1. The molecule has 3 rings (SSSR count). The minimum atomic E-state index is -4.40. The molecular weight excluding hydrogens is 369 g/mol. The van der Waals surface area contributed by atoms with E-state index < -0.39 is 11.7 Å². The highest BCUT2D eigenvalue weighted by atomic mass is 19.4. The molecule has 1 saturated heterocycles. The van der Waals surface area contributed by atoms with Gasteiger partial charge in [-0.05, 0) is 23.8 Å². The molecule has 2 aromatic rings. The fraction of sp³-hybridized carbons (Fsp3) is 0.381. The Morgan fingerprint density at radius 1 is 0.964 bits per heavy atom. The largest absolute Gasteiger partial charge is 0.492 e. The van der Waals surface area contributed by atoms with E-state index in [0.717, 1.165) is 37.5 Å². The first-order chi connectivity index (χ1) is 13.4. The third-order valence-electron chi connectivity index (χ3n) is 4.75. The van der Waals surface area contributed by atoms with Gasteiger partial charge in [-0.15, -0.1) is 0 Å². The van der Waals surface area contributed by atoms with Crippen molar-refractivity contribution in [3.63, 3.8) is 0 Å². The van der Waals surface area contributed by atoms with Crippen LogP contribution in [-0.4, -0.2) is 55.0 Å². The lowest BCUT2D eigenvalue weighted by Crippen LogP contribution is -2.49. The smallest absolute Gasteiger partial charge is 0.416 e. The minimum absolute atomic E-state index is 0.0129. The van der Waals surface area contributed by atoms with E-state index in [1.54, 1.807) is 11.0 Å². The number of ether oxygens (including phenoxy) is 1. The van der Waals surface area contributed by atoms with Crippen LogP contribution >= 0.6 is 0 Å². The van der Waals surface area contributed by atoms with Gasteiger partial charge in [-0.3, -0.25) is 9.69 Å². The molecule has 28 heavy (non-hydrogen) atoms. The number of halogens is 3. The van der Waals surface area contributed by atoms with E-state index in [2.05, 4.69) is 4.90 Å². The van der Waals surface area contributed by atoms with Gasteiger partial charge in [0.05, 0.1) is 12.0 Å². The topological polar surface area (TPSA) is 32.8 Å². The molecule has 0 saturated carbocycles. The van der Waals surface area contributed by atoms with E-state index in [1.165, 1.54) is 6.07 Å². The third kappa shape index (κ3) is 5.73. The van der Waals surface area contributed by atoms with Crippen molar-refractivity contribution in [2.45, 2.75) is 12.6 Å². The molecule has 0 bridgehead atoms. The summed E-state index contributed by atoms with van der Waals surface area (Å²) in [5.74, 6) is 0.692. The predicted octanol–water partition coefficient (Wildman–Crippen LogP) is 3.47. The van der Waals surface area contributed by atoms with Gasteiger partial charge in [0.25, 0.3) is 0 Å².